The zero-order chi connectivity index (χ0) is 28.8. The third kappa shape index (κ3) is 9.37. The molecule has 4 heterocycles. The second-order valence-electron chi connectivity index (χ2n) is 10.7. The highest BCUT2D eigenvalue weighted by molar-refractivity contribution is 7.82. The predicted octanol–water partition coefficient (Wildman–Crippen LogP) is 5.43. The first kappa shape index (κ1) is 32.3. The standard InChI is InChI=1S/C14H19N3O3S.C13H17N3O2.CH4/c1-14(2,3)20-13(18)16-9-10-5-7-15-12-11(10)6-8-17(12)21(4)19;1-13(2,3)18-12(17)16-8-9-4-6-14-11-10(9)5-7-15-11;/h5-8H,9H2,1-4H3,(H,16,18);4-7H,8H2,1-3H3,(H,14,15)(H,16,17);1H4. The van der Waals surface area contributed by atoms with Crippen molar-refractivity contribution in [1.82, 2.24) is 29.6 Å². The number of fused-ring (bicyclic) bond motifs is 2. The number of ether oxygens (including phenoxy) is 2. The maximum absolute atomic E-state index is 11.7. The molecule has 0 spiro atoms. The quantitative estimate of drug-likeness (QED) is 0.290. The van der Waals surface area contributed by atoms with Crippen LogP contribution in [0, 0.1) is 0 Å². The molecule has 2 amide bonds. The van der Waals surface area contributed by atoms with Crippen molar-refractivity contribution >= 4 is 45.2 Å². The molecule has 0 radical (unpaired) electrons. The molecule has 1 atom stereocenters. The Kier molecular flexibility index (Phi) is 10.8. The van der Waals surface area contributed by atoms with Crippen molar-refractivity contribution in [2.24, 2.45) is 0 Å². The second-order valence-corrected chi connectivity index (χ2v) is 11.9. The Labute approximate surface area is 237 Å². The van der Waals surface area contributed by atoms with Gasteiger partial charge in [0.05, 0.1) is 0 Å². The molecular weight excluding hydrogens is 532 g/mol. The molecule has 3 N–H and O–H groups in total. The number of alkyl carbamates (subject to hydrolysis) is 2. The summed E-state index contributed by atoms with van der Waals surface area (Å²) in [7, 11) is -1.16. The molecule has 4 rings (SSSR count). The van der Waals surface area contributed by atoms with Crippen LogP contribution in [0.1, 0.15) is 60.1 Å². The van der Waals surface area contributed by atoms with Crippen LogP contribution >= 0.6 is 0 Å². The number of nitrogens with zero attached hydrogens (tertiary/aromatic N) is 3. The van der Waals surface area contributed by atoms with Crippen molar-refractivity contribution in [3.05, 3.63) is 60.2 Å². The van der Waals surface area contributed by atoms with Gasteiger partial charge >= 0.3 is 12.2 Å². The van der Waals surface area contributed by atoms with Crippen LogP contribution in [0.5, 0.6) is 0 Å². The maximum Gasteiger partial charge on any atom is 0.407 e. The Hall–Kier alpha value is -3.93. The van der Waals surface area contributed by atoms with E-state index >= 15 is 0 Å². The van der Waals surface area contributed by atoms with E-state index in [0.717, 1.165) is 27.5 Å². The van der Waals surface area contributed by atoms with Gasteiger partial charge in [0.25, 0.3) is 0 Å². The molecular formula is C28H40N6O5S. The zero-order valence-electron chi connectivity index (χ0n) is 23.3. The van der Waals surface area contributed by atoms with Crippen molar-refractivity contribution in [1.29, 1.82) is 0 Å². The van der Waals surface area contributed by atoms with Crippen LogP contribution in [0.4, 0.5) is 9.59 Å². The van der Waals surface area contributed by atoms with Crippen molar-refractivity contribution < 1.29 is 23.3 Å². The first-order valence-corrected chi connectivity index (χ1v) is 13.9. The predicted molar refractivity (Wildman–Crippen MR) is 158 cm³/mol. The monoisotopic (exact) mass is 572 g/mol. The molecule has 4 aromatic rings. The second kappa shape index (κ2) is 13.4. The summed E-state index contributed by atoms with van der Waals surface area (Å²) >= 11 is 0. The fourth-order valence-corrected chi connectivity index (χ4v) is 4.19. The number of carbonyl (C=O) groups excluding carboxylic acids is 2. The molecule has 11 nitrogen and oxygen atoms in total. The first-order chi connectivity index (χ1) is 18.2. The highest BCUT2D eigenvalue weighted by atomic mass is 32.2. The van der Waals surface area contributed by atoms with Crippen molar-refractivity contribution in [3.63, 3.8) is 0 Å². The van der Waals surface area contributed by atoms with Crippen LogP contribution in [-0.2, 0) is 33.5 Å². The summed E-state index contributed by atoms with van der Waals surface area (Å²) in [5.74, 6) is 0. The Morgan fingerprint density at radius 1 is 0.875 bits per heavy atom. The SMILES string of the molecule is C.CC(C)(C)OC(=O)NCc1ccnc2[nH]ccc12.CS(=O)n1ccc2c(CNC(=O)OC(C)(C)C)ccnc21. The Morgan fingerprint density at radius 3 is 1.93 bits per heavy atom. The number of pyridine rings is 2. The molecule has 12 heteroatoms. The molecule has 0 fully saturated rings. The van der Waals surface area contributed by atoms with E-state index in [0.29, 0.717) is 18.7 Å². The van der Waals surface area contributed by atoms with Gasteiger partial charge in [-0.1, -0.05) is 7.43 Å². The van der Waals surface area contributed by atoms with Gasteiger partial charge in [-0.25, -0.2) is 23.8 Å². The molecule has 0 bridgehead atoms. The molecule has 0 aromatic carbocycles. The van der Waals surface area contributed by atoms with E-state index in [-0.39, 0.29) is 7.43 Å². The van der Waals surface area contributed by atoms with Gasteiger partial charge in [0.2, 0.25) is 0 Å². The number of hydrogen-bond acceptors (Lipinski definition) is 7. The minimum absolute atomic E-state index is 0. The molecule has 0 saturated heterocycles. The Balaban J connectivity index is 0.000000276. The molecule has 0 aliphatic rings. The number of H-pyrrole nitrogens is 1. The average Bonchev–Trinajstić information content (AvgIpc) is 3.47. The van der Waals surface area contributed by atoms with E-state index in [1.165, 1.54) is 0 Å². The lowest BCUT2D eigenvalue weighted by atomic mass is 10.2. The fraction of sp³-hybridized carbons (Fsp3) is 0.429. The van der Waals surface area contributed by atoms with Gasteiger partial charge in [-0.3, -0.25) is 3.97 Å². The number of hydrogen-bond donors (Lipinski definition) is 3. The third-order valence-corrected chi connectivity index (χ3v) is 5.96. The topological polar surface area (TPSA) is 140 Å². The molecule has 0 aliphatic heterocycles. The van der Waals surface area contributed by atoms with E-state index in [1.807, 2.05) is 72.0 Å². The van der Waals surface area contributed by atoms with Gasteiger partial charge in [-0.2, -0.15) is 0 Å². The van der Waals surface area contributed by atoms with Crippen LogP contribution in [0.2, 0.25) is 0 Å². The van der Waals surface area contributed by atoms with Gasteiger partial charge in [0.15, 0.2) is 5.65 Å². The molecule has 218 valence electrons. The number of amides is 2. The van der Waals surface area contributed by atoms with Gasteiger partial charge in [0, 0.05) is 54.9 Å². The minimum Gasteiger partial charge on any atom is -0.444 e. The minimum atomic E-state index is -1.16. The largest absolute Gasteiger partial charge is 0.444 e. The van der Waals surface area contributed by atoms with Crippen LogP contribution in [0.25, 0.3) is 22.1 Å². The van der Waals surface area contributed by atoms with E-state index in [4.69, 9.17) is 9.47 Å². The maximum atomic E-state index is 11.7. The fourth-order valence-electron chi connectivity index (χ4n) is 3.57. The van der Waals surface area contributed by atoms with Gasteiger partial charge in [0.1, 0.15) is 27.8 Å². The highest BCUT2D eigenvalue weighted by Crippen LogP contribution is 2.19. The zero-order valence-corrected chi connectivity index (χ0v) is 24.1. The van der Waals surface area contributed by atoms with E-state index in [9.17, 15) is 13.8 Å². The van der Waals surface area contributed by atoms with E-state index < -0.39 is 34.4 Å². The lowest BCUT2D eigenvalue weighted by molar-refractivity contribution is 0.0512. The number of nitrogens with one attached hydrogen (secondary N) is 3. The summed E-state index contributed by atoms with van der Waals surface area (Å²) in [5, 5.41) is 7.32. The summed E-state index contributed by atoms with van der Waals surface area (Å²) in [6.07, 6.45) is 7.61. The van der Waals surface area contributed by atoms with Crippen LogP contribution < -0.4 is 10.6 Å². The lowest BCUT2D eigenvalue weighted by Crippen LogP contribution is -2.32. The van der Waals surface area contributed by atoms with E-state index in [1.54, 1.807) is 28.8 Å². The average molecular weight is 573 g/mol. The normalized spacial score (nSPS) is 12.1. The number of aromatic nitrogens is 4. The van der Waals surface area contributed by atoms with Gasteiger partial charge in [-0.15, -0.1) is 0 Å². The molecule has 4 aromatic heterocycles. The first-order valence-electron chi connectivity index (χ1n) is 12.4. The smallest absolute Gasteiger partial charge is 0.407 e. The number of carbonyl (C=O) groups is 2. The molecule has 0 saturated carbocycles. The van der Waals surface area contributed by atoms with Gasteiger partial charge in [-0.05, 0) is 76.9 Å². The van der Waals surface area contributed by atoms with Crippen molar-refractivity contribution in [2.45, 2.75) is 73.3 Å². The van der Waals surface area contributed by atoms with Gasteiger partial charge < -0.3 is 25.1 Å². The van der Waals surface area contributed by atoms with Crippen molar-refractivity contribution in [3.8, 4) is 0 Å². The van der Waals surface area contributed by atoms with E-state index in [2.05, 4.69) is 25.6 Å². The summed E-state index contributed by atoms with van der Waals surface area (Å²) in [5.41, 5.74) is 2.35. The number of rotatable bonds is 5. The Morgan fingerprint density at radius 2 is 1.40 bits per heavy atom. The molecule has 0 aliphatic carbocycles. The third-order valence-electron chi connectivity index (χ3n) is 5.12. The van der Waals surface area contributed by atoms with Crippen LogP contribution in [-0.4, -0.2) is 52.8 Å². The number of aromatic amines is 1. The van der Waals surface area contributed by atoms with Crippen LogP contribution in [0.15, 0.2) is 49.1 Å². The highest BCUT2D eigenvalue weighted by Gasteiger charge is 2.17. The summed E-state index contributed by atoms with van der Waals surface area (Å²) < 4.78 is 23.6. The molecule has 1 unspecified atom stereocenters. The summed E-state index contributed by atoms with van der Waals surface area (Å²) in [6, 6.07) is 7.49. The Bertz CT molecular complexity index is 1470. The summed E-state index contributed by atoms with van der Waals surface area (Å²) in [6.45, 7) is 11.7. The van der Waals surface area contributed by atoms with Crippen LogP contribution in [0.3, 0.4) is 0 Å². The lowest BCUT2D eigenvalue weighted by Gasteiger charge is -2.19. The van der Waals surface area contributed by atoms with Crippen molar-refractivity contribution in [2.75, 3.05) is 6.26 Å². The summed E-state index contributed by atoms with van der Waals surface area (Å²) in [4.78, 5) is 34.7. The molecule has 40 heavy (non-hydrogen) atoms.